The third-order valence-corrected chi connectivity index (χ3v) is 10.2. The quantitative estimate of drug-likeness (QED) is 0.230. The molecule has 2 aromatic rings. The molecule has 0 aromatic heterocycles. The summed E-state index contributed by atoms with van der Waals surface area (Å²) in [5.41, 5.74) is -2.66. The molecule has 0 fully saturated rings. The number of phenols is 1. The van der Waals surface area contributed by atoms with E-state index in [0.717, 1.165) is 18.1 Å². The van der Waals surface area contributed by atoms with Crippen LogP contribution in [0.2, 0.25) is 0 Å². The second-order valence-electron chi connectivity index (χ2n) is 14.2. The molecule has 0 amide bonds. The van der Waals surface area contributed by atoms with Crippen molar-refractivity contribution in [2.75, 3.05) is 0 Å². The van der Waals surface area contributed by atoms with E-state index in [-0.39, 0.29) is 66.3 Å². The van der Waals surface area contributed by atoms with Crippen LogP contribution in [-0.4, -0.2) is 54.9 Å². The first-order valence-corrected chi connectivity index (χ1v) is 15.5. The number of fused-ring (bicyclic) bond motifs is 3. The van der Waals surface area contributed by atoms with Crippen molar-refractivity contribution in [3.8, 4) is 5.75 Å². The Labute approximate surface area is 267 Å². The second kappa shape index (κ2) is 10.9. The Bertz CT molecular complexity index is 1840. The highest BCUT2D eigenvalue weighted by Gasteiger charge is 2.67. The molecule has 0 saturated carbocycles. The van der Waals surface area contributed by atoms with Gasteiger partial charge in [-0.05, 0) is 67.9 Å². The minimum atomic E-state index is -2.65. The van der Waals surface area contributed by atoms with Gasteiger partial charge >= 0.3 is 0 Å². The van der Waals surface area contributed by atoms with Gasteiger partial charge in [-0.25, -0.2) is 0 Å². The van der Waals surface area contributed by atoms with Crippen molar-refractivity contribution in [3.05, 3.63) is 85.9 Å². The molecule has 3 aliphatic rings. The molecule has 2 aromatic carbocycles. The summed E-state index contributed by atoms with van der Waals surface area (Å²) in [6.45, 7) is 11.5. The highest BCUT2D eigenvalue weighted by Crippen LogP contribution is 2.62. The van der Waals surface area contributed by atoms with Crippen LogP contribution in [0.5, 0.6) is 5.75 Å². The van der Waals surface area contributed by atoms with Crippen LogP contribution in [0.25, 0.3) is 0 Å². The Morgan fingerprint density at radius 2 is 1.59 bits per heavy atom. The van der Waals surface area contributed by atoms with E-state index in [2.05, 4.69) is 0 Å². The summed E-state index contributed by atoms with van der Waals surface area (Å²) < 4.78 is 0. The van der Waals surface area contributed by atoms with Gasteiger partial charge in [0, 0.05) is 46.8 Å². The minimum absolute atomic E-state index is 0.00136. The molecule has 242 valence electrons. The summed E-state index contributed by atoms with van der Waals surface area (Å²) in [5.74, 6) is -4.97. The van der Waals surface area contributed by atoms with E-state index in [4.69, 9.17) is 0 Å². The van der Waals surface area contributed by atoms with Gasteiger partial charge in [0.25, 0.3) is 0 Å². The number of phenolic OH excluding ortho intramolecular Hbond substituents is 1. The fraction of sp³-hybridized carbons (Fsp3) is 0.432. The number of carbonyl (C=O) groups is 5. The summed E-state index contributed by atoms with van der Waals surface area (Å²) in [4.78, 5) is 65.6. The van der Waals surface area contributed by atoms with Crippen LogP contribution in [-0.2, 0) is 33.6 Å². The molecule has 0 aliphatic heterocycles. The van der Waals surface area contributed by atoms with E-state index in [1.54, 1.807) is 38.1 Å². The van der Waals surface area contributed by atoms with Gasteiger partial charge in [0.05, 0.1) is 5.56 Å². The predicted octanol–water partition coefficient (Wildman–Crippen LogP) is 5.45. The Hall–Kier alpha value is -4.37. The molecule has 9 heteroatoms. The first-order chi connectivity index (χ1) is 21.3. The normalized spacial score (nSPS) is 25.8. The molecule has 46 heavy (non-hydrogen) atoms. The molecule has 3 atom stereocenters. The van der Waals surface area contributed by atoms with Crippen LogP contribution in [0.4, 0.5) is 0 Å². The van der Waals surface area contributed by atoms with Gasteiger partial charge in [-0.2, -0.15) is 0 Å². The summed E-state index contributed by atoms with van der Waals surface area (Å²) in [6.07, 6.45) is -0.289. The van der Waals surface area contributed by atoms with Crippen LogP contribution in [0.15, 0.2) is 46.9 Å². The van der Waals surface area contributed by atoms with Gasteiger partial charge < -0.3 is 20.4 Å². The lowest BCUT2D eigenvalue weighted by atomic mass is 9.48. The topological polar surface area (TPSA) is 166 Å². The molecular formula is C37H40O9. The van der Waals surface area contributed by atoms with Gasteiger partial charge in [-0.3, -0.25) is 24.0 Å². The number of aromatic hydroxyl groups is 1. The van der Waals surface area contributed by atoms with Gasteiger partial charge in [0.15, 0.2) is 23.0 Å². The molecule has 0 unspecified atom stereocenters. The van der Waals surface area contributed by atoms with Crippen LogP contribution in [0.1, 0.15) is 109 Å². The fourth-order valence-electron chi connectivity index (χ4n) is 8.12. The summed E-state index contributed by atoms with van der Waals surface area (Å²) >= 11 is 0. The van der Waals surface area contributed by atoms with E-state index in [0.29, 0.717) is 16.7 Å². The zero-order valence-corrected chi connectivity index (χ0v) is 27.3. The number of benzene rings is 2. The van der Waals surface area contributed by atoms with Crippen LogP contribution < -0.4 is 0 Å². The van der Waals surface area contributed by atoms with E-state index in [1.165, 1.54) is 6.92 Å². The van der Waals surface area contributed by atoms with Crippen LogP contribution >= 0.6 is 0 Å². The molecule has 5 rings (SSSR count). The van der Waals surface area contributed by atoms with Crippen LogP contribution in [0.3, 0.4) is 0 Å². The molecule has 4 N–H and O–H groups in total. The molecule has 9 nitrogen and oxygen atoms in total. The number of carbonyl (C=O) groups excluding carboxylic acids is 5. The number of hydrogen-bond donors (Lipinski definition) is 4. The first kappa shape index (κ1) is 33.0. The number of rotatable bonds is 7. The number of aliphatic hydroxyl groups excluding tert-OH is 2. The number of allylic oxidation sites excluding steroid dienone is 2. The number of aliphatic hydroxyl groups is 3. The number of hydrogen-bond acceptors (Lipinski definition) is 9. The predicted molar refractivity (Wildman–Crippen MR) is 169 cm³/mol. The molecule has 3 aliphatic carbocycles. The molecular weight excluding hydrogens is 588 g/mol. The van der Waals surface area contributed by atoms with Crippen molar-refractivity contribution in [3.63, 3.8) is 0 Å². The van der Waals surface area contributed by atoms with Gasteiger partial charge in [0.1, 0.15) is 28.6 Å². The summed E-state index contributed by atoms with van der Waals surface area (Å²) in [6, 6.07) is 6.96. The second-order valence-corrected chi connectivity index (χ2v) is 14.2. The average Bonchev–Trinajstić information content (AvgIpc) is 2.92. The lowest BCUT2D eigenvalue weighted by Crippen LogP contribution is -2.63. The minimum Gasteiger partial charge on any atom is -0.511 e. The number of ketones is 5. The maximum atomic E-state index is 14.4. The Morgan fingerprint density at radius 3 is 2.17 bits per heavy atom. The van der Waals surface area contributed by atoms with Gasteiger partial charge in [-0.1, -0.05) is 45.9 Å². The smallest absolute Gasteiger partial charge is 0.209 e. The lowest BCUT2D eigenvalue weighted by molar-refractivity contribution is -0.159. The first-order valence-electron chi connectivity index (χ1n) is 15.5. The maximum Gasteiger partial charge on any atom is 0.209 e. The number of Topliss-reactive ketones (excluding diaryl/α,β-unsaturated/α-hetero) is 5. The number of aryl methyl sites for hydroxylation is 1. The van der Waals surface area contributed by atoms with E-state index in [9.17, 15) is 44.4 Å². The molecule has 0 radical (unpaired) electrons. The lowest BCUT2D eigenvalue weighted by Gasteiger charge is -2.56. The van der Waals surface area contributed by atoms with E-state index in [1.807, 2.05) is 20.8 Å². The van der Waals surface area contributed by atoms with Gasteiger partial charge in [0.2, 0.25) is 5.78 Å². The van der Waals surface area contributed by atoms with E-state index < -0.39 is 56.6 Å². The molecule has 0 heterocycles. The SMILES string of the molecule is CC(=O)C1=C(O)C[C@@]2(C)C[C@@]3(C)Cc4c(C(C)C)cc(CC(=O)Cc5ccc(C)c(C(C)=O)c5)c(O)c4C(=O)C3=C(O)[C@@]2(O)C1=O. The zero-order valence-electron chi connectivity index (χ0n) is 27.3. The molecule has 0 spiro atoms. The highest BCUT2D eigenvalue weighted by molar-refractivity contribution is 6.25. The standard InChI is InChI=1S/C37H40O9/c1-17(2)24-13-22(12-23(40)10-21-9-8-18(3)25(11-21)19(4)38)31(42)29-26(24)14-35(6)16-36(7)15-27(41)28(20(5)39)33(44)37(36,46)34(45)30(35)32(29)43/h8-9,11,13,17,41-42,45-46H,10,12,14-16H2,1-7H3/t35-,36+,37+/m1/s1. The Kier molecular flexibility index (Phi) is 7.80. The third kappa shape index (κ3) is 4.75. The van der Waals surface area contributed by atoms with Crippen molar-refractivity contribution in [2.45, 2.75) is 92.1 Å². The largest absolute Gasteiger partial charge is 0.511 e. The Balaban J connectivity index is 1.62. The van der Waals surface area contributed by atoms with Crippen molar-refractivity contribution in [1.29, 1.82) is 0 Å². The highest BCUT2D eigenvalue weighted by atomic mass is 16.3. The Morgan fingerprint density at radius 1 is 0.935 bits per heavy atom. The van der Waals surface area contributed by atoms with Gasteiger partial charge in [-0.15, -0.1) is 0 Å². The third-order valence-electron chi connectivity index (χ3n) is 10.2. The monoisotopic (exact) mass is 628 g/mol. The van der Waals surface area contributed by atoms with Crippen molar-refractivity contribution < 1.29 is 44.4 Å². The fourth-order valence-corrected chi connectivity index (χ4v) is 8.12. The van der Waals surface area contributed by atoms with Crippen molar-refractivity contribution in [2.24, 2.45) is 10.8 Å². The zero-order chi connectivity index (χ0) is 34.3. The van der Waals surface area contributed by atoms with Crippen molar-refractivity contribution in [1.82, 2.24) is 0 Å². The summed E-state index contributed by atoms with van der Waals surface area (Å²) in [7, 11) is 0. The molecule has 0 bridgehead atoms. The maximum absolute atomic E-state index is 14.4. The van der Waals surface area contributed by atoms with Crippen LogP contribution in [0, 0.1) is 17.8 Å². The van der Waals surface area contributed by atoms with Crippen molar-refractivity contribution >= 4 is 28.9 Å². The molecule has 0 saturated heterocycles. The average molecular weight is 629 g/mol. The summed E-state index contributed by atoms with van der Waals surface area (Å²) in [5, 5.41) is 45.8. The van der Waals surface area contributed by atoms with E-state index >= 15 is 0 Å².